The monoisotopic (exact) mass is 339 g/mol. The number of hydrogen-bond acceptors (Lipinski definition) is 2. The summed E-state index contributed by atoms with van der Waals surface area (Å²) in [4.78, 5) is 12.0. The van der Waals surface area contributed by atoms with Crippen molar-refractivity contribution < 1.29 is 23.1 Å². The van der Waals surface area contributed by atoms with Crippen molar-refractivity contribution in [2.75, 3.05) is 13.1 Å². The molecule has 0 spiro atoms. The van der Waals surface area contributed by atoms with E-state index < -0.39 is 18.7 Å². The molecule has 1 aromatic rings. The second-order valence-electron chi connectivity index (χ2n) is 4.03. The van der Waals surface area contributed by atoms with Crippen LogP contribution in [0.3, 0.4) is 0 Å². The summed E-state index contributed by atoms with van der Waals surface area (Å²) in [6.45, 7) is 1.02. The van der Waals surface area contributed by atoms with Gasteiger partial charge in [-0.2, -0.15) is 13.2 Å². The fraction of sp³-hybridized carbons (Fsp3) is 0.417. The van der Waals surface area contributed by atoms with E-state index in [2.05, 4.69) is 15.9 Å². The highest BCUT2D eigenvalue weighted by Crippen LogP contribution is 2.23. The second kappa shape index (κ2) is 6.38. The van der Waals surface area contributed by atoms with Gasteiger partial charge >= 0.3 is 12.1 Å². The molecule has 1 rings (SSSR count). The highest BCUT2D eigenvalue weighted by molar-refractivity contribution is 9.10. The van der Waals surface area contributed by atoms with Gasteiger partial charge in [0.1, 0.15) is 0 Å². The molecule has 0 aliphatic carbocycles. The topological polar surface area (TPSA) is 40.5 Å². The molecule has 0 aliphatic rings. The molecule has 0 bridgehead atoms. The van der Waals surface area contributed by atoms with E-state index in [1.807, 2.05) is 0 Å². The number of carbonyl (C=O) groups is 1. The van der Waals surface area contributed by atoms with Crippen LogP contribution in [0.15, 0.2) is 22.7 Å². The maximum absolute atomic E-state index is 12.3. The largest absolute Gasteiger partial charge is 0.478 e. The van der Waals surface area contributed by atoms with Gasteiger partial charge in [0.2, 0.25) is 0 Å². The first-order valence-corrected chi connectivity index (χ1v) is 6.33. The van der Waals surface area contributed by atoms with E-state index in [4.69, 9.17) is 5.11 Å². The van der Waals surface area contributed by atoms with Crippen LogP contribution in [0.2, 0.25) is 0 Å². The van der Waals surface area contributed by atoms with Gasteiger partial charge < -0.3 is 5.11 Å². The first kappa shape index (κ1) is 16.0. The van der Waals surface area contributed by atoms with Crippen molar-refractivity contribution in [2.24, 2.45) is 0 Å². The Morgan fingerprint density at radius 1 is 1.42 bits per heavy atom. The number of benzene rings is 1. The maximum Gasteiger partial charge on any atom is 0.401 e. The summed E-state index contributed by atoms with van der Waals surface area (Å²) in [5.41, 5.74) is 0.714. The Bertz CT molecular complexity index is 463. The molecule has 19 heavy (non-hydrogen) atoms. The average Bonchev–Trinajstić information content (AvgIpc) is 2.28. The van der Waals surface area contributed by atoms with E-state index in [1.54, 1.807) is 6.92 Å². The zero-order chi connectivity index (χ0) is 14.6. The molecule has 0 radical (unpaired) electrons. The van der Waals surface area contributed by atoms with Gasteiger partial charge in [-0.25, -0.2) is 4.79 Å². The molecule has 1 aromatic carbocycles. The summed E-state index contributed by atoms with van der Waals surface area (Å²) in [7, 11) is 0. The Hall–Kier alpha value is -1.08. The van der Waals surface area contributed by atoms with Gasteiger partial charge in [0.05, 0.1) is 12.1 Å². The Morgan fingerprint density at radius 3 is 2.47 bits per heavy atom. The SMILES string of the molecule is CCN(Cc1ccc(C(=O)O)cc1Br)CC(F)(F)F. The number of carboxylic acids is 1. The Balaban J connectivity index is 2.83. The van der Waals surface area contributed by atoms with E-state index in [0.717, 1.165) is 0 Å². The third-order valence-corrected chi connectivity index (χ3v) is 3.28. The quantitative estimate of drug-likeness (QED) is 0.892. The molecule has 0 aromatic heterocycles. The van der Waals surface area contributed by atoms with Crippen LogP contribution in [-0.4, -0.2) is 35.2 Å². The van der Waals surface area contributed by atoms with Crippen LogP contribution in [0.1, 0.15) is 22.8 Å². The van der Waals surface area contributed by atoms with E-state index >= 15 is 0 Å². The molecule has 7 heteroatoms. The normalized spacial score (nSPS) is 11.9. The standard InChI is InChI=1S/C12H13BrF3NO2/c1-2-17(7-12(14,15)16)6-9-4-3-8(11(18)19)5-10(9)13/h3-5H,2,6-7H2,1H3,(H,18,19). The third kappa shape index (κ3) is 5.20. The Kier molecular flexibility index (Phi) is 5.37. The molecule has 0 saturated heterocycles. The zero-order valence-electron chi connectivity index (χ0n) is 10.2. The van der Waals surface area contributed by atoms with Crippen LogP contribution in [0.5, 0.6) is 0 Å². The molecular formula is C12H13BrF3NO2. The van der Waals surface area contributed by atoms with Crippen LogP contribution >= 0.6 is 15.9 Å². The van der Waals surface area contributed by atoms with Gasteiger partial charge in [0.25, 0.3) is 0 Å². The summed E-state index contributed by atoms with van der Waals surface area (Å²) >= 11 is 3.18. The van der Waals surface area contributed by atoms with Crippen LogP contribution in [0, 0.1) is 0 Å². The van der Waals surface area contributed by atoms with Gasteiger partial charge in [-0.05, 0) is 24.2 Å². The Morgan fingerprint density at radius 2 is 2.05 bits per heavy atom. The van der Waals surface area contributed by atoms with Crippen LogP contribution in [0.4, 0.5) is 13.2 Å². The van der Waals surface area contributed by atoms with Crippen molar-refractivity contribution in [2.45, 2.75) is 19.6 Å². The number of carboxylic acid groups (broad SMARTS) is 1. The third-order valence-electron chi connectivity index (χ3n) is 2.54. The van der Waals surface area contributed by atoms with Gasteiger partial charge in [0.15, 0.2) is 0 Å². The second-order valence-corrected chi connectivity index (χ2v) is 4.88. The molecule has 1 N–H and O–H groups in total. The van der Waals surface area contributed by atoms with Gasteiger partial charge in [0, 0.05) is 11.0 Å². The molecule has 106 valence electrons. The molecule has 0 amide bonds. The van der Waals surface area contributed by atoms with Crippen molar-refractivity contribution in [3.8, 4) is 0 Å². The highest BCUT2D eigenvalue weighted by Gasteiger charge is 2.30. The highest BCUT2D eigenvalue weighted by atomic mass is 79.9. The minimum atomic E-state index is -4.25. The minimum absolute atomic E-state index is 0.0921. The van der Waals surface area contributed by atoms with Crippen molar-refractivity contribution >= 4 is 21.9 Å². The first-order valence-electron chi connectivity index (χ1n) is 5.53. The number of alkyl halides is 3. The molecule has 0 unspecified atom stereocenters. The summed E-state index contributed by atoms with van der Waals surface area (Å²) in [6, 6.07) is 4.29. The van der Waals surface area contributed by atoms with Crippen LogP contribution < -0.4 is 0 Å². The predicted octanol–water partition coefficient (Wildman–Crippen LogP) is 3.53. The van der Waals surface area contributed by atoms with E-state index in [-0.39, 0.29) is 18.7 Å². The fourth-order valence-corrected chi connectivity index (χ4v) is 2.09. The lowest BCUT2D eigenvalue weighted by Gasteiger charge is -2.22. The van der Waals surface area contributed by atoms with Crippen LogP contribution in [-0.2, 0) is 6.54 Å². The lowest BCUT2D eigenvalue weighted by molar-refractivity contribution is -0.146. The summed E-state index contributed by atoms with van der Waals surface area (Å²) in [6.07, 6.45) is -4.25. The summed E-state index contributed by atoms with van der Waals surface area (Å²) in [5, 5.41) is 8.80. The van der Waals surface area contributed by atoms with Crippen LogP contribution in [0.25, 0.3) is 0 Å². The summed E-state index contributed by atoms with van der Waals surface area (Å²) < 4.78 is 37.5. The average molecular weight is 340 g/mol. The number of nitrogens with zero attached hydrogens (tertiary/aromatic N) is 1. The number of rotatable bonds is 5. The number of hydrogen-bond donors (Lipinski definition) is 1. The first-order chi connectivity index (χ1) is 8.73. The molecule has 0 heterocycles. The van der Waals surface area contributed by atoms with Gasteiger partial charge in [-0.15, -0.1) is 0 Å². The van der Waals surface area contributed by atoms with Gasteiger partial charge in [-0.3, -0.25) is 4.90 Å². The lowest BCUT2D eigenvalue weighted by atomic mass is 10.1. The Labute approximate surface area is 117 Å². The number of aromatic carboxylic acids is 1. The maximum atomic E-state index is 12.3. The molecule has 0 atom stereocenters. The van der Waals surface area contributed by atoms with Crippen molar-refractivity contribution in [3.05, 3.63) is 33.8 Å². The smallest absolute Gasteiger partial charge is 0.401 e. The van der Waals surface area contributed by atoms with E-state index in [1.165, 1.54) is 23.1 Å². The summed E-state index contributed by atoms with van der Waals surface area (Å²) in [5.74, 6) is -1.07. The minimum Gasteiger partial charge on any atom is -0.478 e. The number of halogens is 4. The molecular weight excluding hydrogens is 327 g/mol. The zero-order valence-corrected chi connectivity index (χ0v) is 11.8. The molecule has 0 fully saturated rings. The van der Waals surface area contributed by atoms with E-state index in [9.17, 15) is 18.0 Å². The van der Waals surface area contributed by atoms with Crippen molar-refractivity contribution in [1.29, 1.82) is 0 Å². The van der Waals surface area contributed by atoms with Crippen molar-refractivity contribution in [3.63, 3.8) is 0 Å². The molecule has 0 saturated carbocycles. The predicted molar refractivity (Wildman–Crippen MR) is 68.1 cm³/mol. The molecule has 3 nitrogen and oxygen atoms in total. The molecule has 0 aliphatic heterocycles. The van der Waals surface area contributed by atoms with E-state index in [0.29, 0.717) is 10.0 Å². The van der Waals surface area contributed by atoms with Gasteiger partial charge in [-0.1, -0.05) is 28.9 Å². The van der Waals surface area contributed by atoms with Crippen molar-refractivity contribution in [1.82, 2.24) is 4.90 Å². The fourth-order valence-electron chi connectivity index (χ4n) is 1.58. The lowest BCUT2D eigenvalue weighted by Crippen LogP contribution is -2.33.